The molecule has 2 amide bonds. The van der Waals surface area contributed by atoms with E-state index in [2.05, 4.69) is 43.7 Å². The first-order valence-corrected chi connectivity index (χ1v) is 32.5. The molecule has 6 atom stereocenters. The third kappa shape index (κ3) is 14.0. The predicted octanol–water partition coefficient (Wildman–Crippen LogP) is 12.1. The molecule has 10 rings (SSSR count). The maximum absolute atomic E-state index is 13.4. The van der Waals surface area contributed by atoms with Crippen molar-refractivity contribution in [3.8, 4) is 0 Å². The van der Waals surface area contributed by atoms with Crippen LogP contribution in [0.15, 0.2) is 49.6 Å². The number of amides is 2. The number of nitrogens with zero attached hydrogens (tertiary/aromatic N) is 4. The smallest absolute Gasteiger partial charge is 0.338 e. The average Bonchev–Trinajstić information content (AvgIpc) is 1.61. The van der Waals surface area contributed by atoms with Gasteiger partial charge in [0.15, 0.2) is 0 Å². The van der Waals surface area contributed by atoms with Crippen LogP contribution in [0.1, 0.15) is 206 Å². The normalized spacial score (nSPS) is 16.4. The van der Waals surface area contributed by atoms with Gasteiger partial charge in [-0.2, -0.15) is 0 Å². The summed E-state index contributed by atoms with van der Waals surface area (Å²) >= 11 is 0. The van der Waals surface area contributed by atoms with E-state index in [0.29, 0.717) is 58.2 Å². The second kappa shape index (κ2) is 28.7. The standard InChI is InChI=1S/2C37H41N5O7/c1-8-21-16(3)25-13-27-18(5)23(10-11-32(44)45)34(41-27)24(12-31(43)38-20(7)36(46)47)35-33(37(48)49)19(6)28(42-35)15-30-22(9-2)17(4)26(40-30)14-29(21)39-25;1-8-21-16(3)25-13-27-18(5)23(10-11-31(43)38-20(7)36(46)47)34(41-27)24(12-32(44)45)35-33(37(48)49)19(6)28(42-35)15-30-22(9-2)17(4)26(40-30)14-29(21)39-25/h2*8,13-15,18,20,23,39-40H,1,9-12H2,2-7H3,(H,38,43)(H,44,45)(H,46,47)(H,48,49). The highest BCUT2D eigenvalue weighted by atomic mass is 16.4. The molecule has 6 aromatic heterocycles. The summed E-state index contributed by atoms with van der Waals surface area (Å²) in [5.41, 5.74) is 17.9. The monoisotopic (exact) mass is 1330 g/mol. The van der Waals surface area contributed by atoms with Gasteiger partial charge >= 0.3 is 35.8 Å². The molecule has 16 bridgehead atoms. The number of carboxylic acid groups (broad SMARTS) is 6. The van der Waals surface area contributed by atoms with E-state index in [1.54, 1.807) is 38.1 Å². The molecule has 98 heavy (non-hydrogen) atoms. The summed E-state index contributed by atoms with van der Waals surface area (Å²) in [5, 5.41) is 64.4. The first-order valence-electron chi connectivity index (χ1n) is 32.5. The van der Waals surface area contributed by atoms with Crippen molar-refractivity contribution in [2.75, 3.05) is 0 Å². The Morgan fingerprint density at radius 3 is 1.22 bits per heavy atom. The van der Waals surface area contributed by atoms with E-state index in [1.165, 1.54) is 13.8 Å². The van der Waals surface area contributed by atoms with Crippen LogP contribution in [0, 0.1) is 27.7 Å². The minimum atomic E-state index is -1.25. The number of aromatic nitrogens is 8. The Hall–Kier alpha value is -11.0. The van der Waals surface area contributed by atoms with Gasteiger partial charge in [0.2, 0.25) is 11.8 Å². The number of nitrogens with one attached hydrogen (secondary N) is 6. The third-order valence-corrected chi connectivity index (χ3v) is 19.4. The lowest BCUT2D eigenvalue weighted by Crippen LogP contribution is -2.39. The first-order chi connectivity index (χ1) is 46.3. The summed E-state index contributed by atoms with van der Waals surface area (Å²) in [6.07, 6.45) is 4.09. The number of hydrogen-bond acceptors (Lipinski definition) is 12. The van der Waals surface area contributed by atoms with Gasteiger partial charge < -0.3 is 61.2 Å². The summed E-state index contributed by atoms with van der Waals surface area (Å²) < 4.78 is 0. The molecule has 512 valence electrons. The summed E-state index contributed by atoms with van der Waals surface area (Å²) in [5.74, 6) is -9.92. The van der Waals surface area contributed by atoms with Crippen LogP contribution in [0.25, 0.3) is 78.6 Å². The molecular weight excluding hydrogens is 1250 g/mol. The lowest BCUT2D eigenvalue weighted by molar-refractivity contribution is -0.141. The number of carboxylic acids is 6. The predicted molar refractivity (Wildman–Crippen MR) is 374 cm³/mol. The summed E-state index contributed by atoms with van der Waals surface area (Å²) in [7, 11) is 0. The molecule has 0 saturated heterocycles. The molecule has 0 spiro atoms. The Kier molecular flexibility index (Phi) is 20.9. The van der Waals surface area contributed by atoms with Crippen LogP contribution in [-0.4, -0.2) is 130 Å². The van der Waals surface area contributed by atoms with Gasteiger partial charge in [0.05, 0.1) is 58.2 Å². The number of allylic oxidation sites excluding steroid dienone is 2. The fourth-order valence-corrected chi connectivity index (χ4v) is 13.8. The topological polar surface area (TPSA) is 397 Å². The van der Waals surface area contributed by atoms with Gasteiger partial charge in [0.25, 0.3) is 0 Å². The molecular formula is C74H82N10O14. The fourth-order valence-electron chi connectivity index (χ4n) is 13.8. The van der Waals surface area contributed by atoms with Gasteiger partial charge in [0, 0.05) is 114 Å². The van der Waals surface area contributed by atoms with Gasteiger partial charge in [-0.3, -0.25) is 38.7 Å². The Labute approximate surface area is 564 Å². The molecule has 0 aromatic carbocycles. The lowest BCUT2D eigenvalue weighted by atomic mass is 9.84. The largest absolute Gasteiger partial charge is 0.481 e. The molecule has 12 N–H and O–H groups in total. The number of aryl methyl sites for hydroxylation is 6. The van der Waals surface area contributed by atoms with E-state index in [9.17, 15) is 69.0 Å². The highest BCUT2D eigenvalue weighted by Crippen LogP contribution is 2.46. The zero-order valence-corrected chi connectivity index (χ0v) is 56.9. The van der Waals surface area contributed by atoms with Crippen LogP contribution >= 0.6 is 0 Å². The second-order valence-corrected chi connectivity index (χ2v) is 25.4. The number of carbonyl (C=O) groups excluding carboxylic acids is 2. The number of carbonyl (C=O) groups is 8. The highest BCUT2D eigenvalue weighted by Gasteiger charge is 2.38. The van der Waals surface area contributed by atoms with Gasteiger partial charge in [-0.1, -0.05) is 53.0 Å². The molecule has 0 radical (unpaired) electrons. The lowest BCUT2D eigenvalue weighted by Gasteiger charge is -2.19. The van der Waals surface area contributed by atoms with E-state index < -0.39 is 84.4 Å². The van der Waals surface area contributed by atoms with Crippen LogP contribution in [0.5, 0.6) is 0 Å². The molecule has 10 heterocycles. The van der Waals surface area contributed by atoms with Crippen LogP contribution in [-0.2, 0) is 64.0 Å². The van der Waals surface area contributed by atoms with Crippen molar-refractivity contribution in [1.29, 1.82) is 0 Å². The fraction of sp³-hybridized carbons (Fsp3) is 0.351. The van der Waals surface area contributed by atoms with Crippen molar-refractivity contribution < 1.29 is 69.0 Å². The minimum absolute atomic E-state index is 0.0206. The Morgan fingerprint density at radius 1 is 0.480 bits per heavy atom. The van der Waals surface area contributed by atoms with E-state index in [-0.39, 0.29) is 71.2 Å². The zero-order chi connectivity index (χ0) is 71.8. The van der Waals surface area contributed by atoms with E-state index in [0.717, 1.165) is 88.6 Å². The summed E-state index contributed by atoms with van der Waals surface area (Å²) in [4.78, 5) is 133. The van der Waals surface area contributed by atoms with Crippen LogP contribution in [0.2, 0.25) is 0 Å². The first kappa shape index (κ1) is 71.3. The van der Waals surface area contributed by atoms with Crippen molar-refractivity contribution in [3.63, 3.8) is 0 Å². The minimum Gasteiger partial charge on any atom is -0.481 e. The Morgan fingerprint density at radius 2 is 0.857 bits per heavy atom. The van der Waals surface area contributed by atoms with E-state index in [1.807, 2.05) is 79.7 Å². The maximum atomic E-state index is 13.4. The molecule has 24 nitrogen and oxygen atoms in total. The molecule has 0 saturated carbocycles. The SMILES string of the molecule is C=Cc1c(C)c2cc3nc(c(CC(=O)NC(C)C(=O)O)c4nc(cc5[nH]c(cc1[nH]2)c(C)c5CC)C(C)=C4C(=O)O)C(CCC(=O)O)C3C.C=Cc1c(C)c2cc3nc(c(CC(=O)O)c4nc(cc5[nH]c(cc1[nH]2)c(C)c5CC)C(C)=C4C(=O)O)C(CCC(=O)NC(C)C(=O)O)C3C. The highest BCUT2D eigenvalue weighted by molar-refractivity contribution is 6.25. The third-order valence-electron chi connectivity index (χ3n) is 19.4. The van der Waals surface area contributed by atoms with Gasteiger partial charge in [-0.05, 0) is 162 Å². The van der Waals surface area contributed by atoms with Crippen molar-refractivity contribution in [2.45, 2.75) is 170 Å². The van der Waals surface area contributed by atoms with Crippen molar-refractivity contribution in [1.82, 2.24) is 50.5 Å². The number of H-pyrrole nitrogens is 4. The van der Waals surface area contributed by atoms with E-state index >= 15 is 0 Å². The van der Waals surface area contributed by atoms with Crippen LogP contribution < -0.4 is 10.6 Å². The molecule has 4 aliphatic heterocycles. The molecule has 6 aromatic rings. The van der Waals surface area contributed by atoms with Crippen molar-refractivity contribution in [2.24, 2.45) is 0 Å². The summed E-state index contributed by atoms with van der Waals surface area (Å²) in [6.45, 7) is 30.0. The van der Waals surface area contributed by atoms with Crippen LogP contribution in [0.4, 0.5) is 0 Å². The number of aliphatic carboxylic acids is 6. The quantitative estimate of drug-likeness (QED) is 0.0338. The van der Waals surface area contributed by atoms with Crippen molar-refractivity contribution in [3.05, 3.63) is 151 Å². The molecule has 4 aliphatic rings. The maximum Gasteiger partial charge on any atom is 0.338 e. The number of rotatable bonds is 20. The number of fused-ring (bicyclic) bond motifs is 16. The molecule has 6 unspecified atom stereocenters. The second-order valence-electron chi connectivity index (χ2n) is 25.4. The molecule has 24 heteroatoms. The van der Waals surface area contributed by atoms with Gasteiger partial charge in [-0.25, -0.2) is 19.6 Å². The van der Waals surface area contributed by atoms with Gasteiger partial charge in [-0.15, -0.1) is 0 Å². The molecule has 0 fully saturated rings. The van der Waals surface area contributed by atoms with E-state index in [4.69, 9.17) is 19.9 Å². The number of hydrogen-bond donors (Lipinski definition) is 12. The summed E-state index contributed by atoms with van der Waals surface area (Å²) in [6, 6.07) is 9.14. The molecule has 0 aliphatic carbocycles. The van der Waals surface area contributed by atoms with Gasteiger partial charge in [0.1, 0.15) is 12.1 Å². The van der Waals surface area contributed by atoms with Crippen LogP contribution in [0.3, 0.4) is 0 Å². The number of aromatic amines is 4. The van der Waals surface area contributed by atoms with Crippen molar-refractivity contribution >= 4 is 126 Å². The average molecular weight is 1340 g/mol. The Bertz CT molecular complexity index is 4840. The Balaban J connectivity index is 0.000000229. The zero-order valence-electron chi connectivity index (χ0n) is 56.9.